The number of aryl methyl sites for hydroxylation is 2. The van der Waals surface area contributed by atoms with Crippen LogP contribution in [0, 0.1) is 24.7 Å². The summed E-state index contributed by atoms with van der Waals surface area (Å²) in [5.74, 6) is 2.76. The van der Waals surface area contributed by atoms with E-state index in [1.807, 2.05) is 0 Å². The van der Waals surface area contributed by atoms with Gasteiger partial charge in [0.25, 0.3) is 0 Å². The third kappa shape index (κ3) is 4.35. The van der Waals surface area contributed by atoms with E-state index < -0.39 is 0 Å². The van der Waals surface area contributed by atoms with Gasteiger partial charge in [0.15, 0.2) is 0 Å². The molecule has 1 aliphatic heterocycles. The molecule has 1 aromatic carbocycles. The predicted octanol–water partition coefficient (Wildman–Crippen LogP) is 5.55. The summed E-state index contributed by atoms with van der Waals surface area (Å²) in [4.78, 5) is 0. The standard InChI is InChI=1S/C21H32O/c1-16-3-6-18(7-4-16)8-9-19-10-13-20(14-11-19)21-12-5-17(2)22-15-21/h3-4,6-7,17,19-21H,5,8-15H2,1-2H3. The van der Waals surface area contributed by atoms with Crippen molar-refractivity contribution in [3.63, 3.8) is 0 Å². The first-order chi connectivity index (χ1) is 10.7. The Morgan fingerprint density at radius 2 is 1.59 bits per heavy atom. The van der Waals surface area contributed by atoms with Gasteiger partial charge in [0, 0.05) is 0 Å². The van der Waals surface area contributed by atoms with E-state index in [2.05, 4.69) is 38.1 Å². The molecule has 1 heteroatoms. The number of benzene rings is 1. The molecular weight excluding hydrogens is 268 g/mol. The maximum absolute atomic E-state index is 5.89. The maximum atomic E-state index is 5.89. The molecule has 1 aliphatic carbocycles. The molecule has 0 amide bonds. The van der Waals surface area contributed by atoms with Crippen molar-refractivity contribution in [1.29, 1.82) is 0 Å². The van der Waals surface area contributed by atoms with Crippen LogP contribution in [0.15, 0.2) is 24.3 Å². The molecule has 2 atom stereocenters. The van der Waals surface area contributed by atoms with E-state index in [4.69, 9.17) is 4.74 Å². The average Bonchev–Trinajstić information content (AvgIpc) is 2.56. The van der Waals surface area contributed by atoms with Crippen molar-refractivity contribution in [2.45, 2.75) is 71.3 Å². The second kappa shape index (κ2) is 7.64. The van der Waals surface area contributed by atoms with E-state index in [1.165, 1.54) is 62.5 Å². The second-order valence-electron chi connectivity index (χ2n) is 7.79. The van der Waals surface area contributed by atoms with Crippen molar-refractivity contribution in [2.24, 2.45) is 17.8 Å². The monoisotopic (exact) mass is 300 g/mol. The summed E-state index contributed by atoms with van der Waals surface area (Å²) in [7, 11) is 0. The first-order valence-electron chi connectivity index (χ1n) is 9.38. The van der Waals surface area contributed by atoms with Gasteiger partial charge in [-0.05, 0) is 75.7 Å². The molecule has 0 bridgehead atoms. The highest BCUT2D eigenvalue weighted by Gasteiger charge is 2.30. The topological polar surface area (TPSA) is 9.23 Å². The molecule has 0 aromatic heterocycles. The molecule has 0 spiro atoms. The van der Waals surface area contributed by atoms with Gasteiger partial charge < -0.3 is 4.74 Å². The largest absolute Gasteiger partial charge is 0.378 e. The summed E-state index contributed by atoms with van der Waals surface area (Å²) >= 11 is 0. The fourth-order valence-electron chi connectivity index (χ4n) is 4.35. The molecule has 122 valence electrons. The summed E-state index contributed by atoms with van der Waals surface area (Å²) in [6, 6.07) is 9.11. The lowest BCUT2D eigenvalue weighted by molar-refractivity contribution is -0.0297. The van der Waals surface area contributed by atoms with Gasteiger partial charge in [0.2, 0.25) is 0 Å². The van der Waals surface area contributed by atoms with E-state index in [0.717, 1.165) is 24.4 Å². The Kier molecular flexibility index (Phi) is 5.57. The van der Waals surface area contributed by atoms with Crippen molar-refractivity contribution >= 4 is 0 Å². The van der Waals surface area contributed by atoms with Crippen LogP contribution in [0.2, 0.25) is 0 Å². The lowest BCUT2D eigenvalue weighted by Crippen LogP contribution is -2.31. The summed E-state index contributed by atoms with van der Waals surface area (Å²) in [6.07, 6.45) is 11.6. The molecule has 1 saturated heterocycles. The molecule has 1 heterocycles. The van der Waals surface area contributed by atoms with Gasteiger partial charge in [-0.15, -0.1) is 0 Å². The van der Waals surface area contributed by atoms with Gasteiger partial charge in [-0.3, -0.25) is 0 Å². The van der Waals surface area contributed by atoms with Gasteiger partial charge in [0.05, 0.1) is 12.7 Å². The minimum Gasteiger partial charge on any atom is -0.378 e. The van der Waals surface area contributed by atoms with Gasteiger partial charge in [-0.25, -0.2) is 0 Å². The van der Waals surface area contributed by atoms with Crippen LogP contribution < -0.4 is 0 Å². The highest BCUT2D eigenvalue weighted by Crippen LogP contribution is 2.38. The third-order valence-corrected chi connectivity index (χ3v) is 6.06. The molecule has 2 aliphatic rings. The number of hydrogen-bond acceptors (Lipinski definition) is 1. The molecule has 1 saturated carbocycles. The van der Waals surface area contributed by atoms with Gasteiger partial charge >= 0.3 is 0 Å². The molecule has 2 unspecified atom stereocenters. The predicted molar refractivity (Wildman–Crippen MR) is 93.1 cm³/mol. The Morgan fingerprint density at radius 3 is 2.23 bits per heavy atom. The number of hydrogen-bond donors (Lipinski definition) is 0. The van der Waals surface area contributed by atoms with Crippen LogP contribution in [0.25, 0.3) is 0 Å². The van der Waals surface area contributed by atoms with Crippen LogP contribution in [-0.4, -0.2) is 12.7 Å². The molecule has 1 aromatic rings. The summed E-state index contributed by atoms with van der Waals surface area (Å²) in [5.41, 5.74) is 2.88. The zero-order chi connectivity index (χ0) is 15.4. The normalized spacial score (nSPS) is 32.8. The molecular formula is C21H32O. The first kappa shape index (κ1) is 16.1. The van der Waals surface area contributed by atoms with E-state index in [1.54, 1.807) is 0 Å². The molecule has 1 nitrogen and oxygen atoms in total. The van der Waals surface area contributed by atoms with Crippen molar-refractivity contribution in [3.05, 3.63) is 35.4 Å². The Bertz CT molecular complexity index is 433. The Morgan fingerprint density at radius 1 is 0.909 bits per heavy atom. The zero-order valence-electron chi connectivity index (χ0n) is 14.4. The minimum atomic E-state index is 0.502. The molecule has 0 N–H and O–H groups in total. The molecule has 0 radical (unpaired) electrons. The van der Waals surface area contributed by atoms with Crippen molar-refractivity contribution in [3.8, 4) is 0 Å². The van der Waals surface area contributed by atoms with Crippen LogP contribution in [-0.2, 0) is 11.2 Å². The molecule has 3 rings (SSSR count). The van der Waals surface area contributed by atoms with Gasteiger partial charge in [-0.1, -0.05) is 42.7 Å². The Labute approximate surface area is 136 Å². The fraction of sp³-hybridized carbons (Fsp3) is 0.714. The maximum Gasteiger partial charge on any atom is 0.0547 e. The van der Waals surface area contributed by atoms with Crippen LogP contribution in [0.1, 0.15) is 63.0 Å². The number of rotatable bonds is 4. The van der Waals surface area contributed by atoms with Gasteiger partial charge in [0.1, 0.15) is 0 Å². The summed E-state index contributed by atoms with van der Waals surface area (Å²) in [5, 5.41) is 0. The van der Waals surface area contributed by atoms with E-state index in [9.17, 15) is 0 Å². The van der Waals surface area contributed by atoms with E-state index >= 15 is 0 Å². The van der Waals surface area contributed by atoms with E-state index in [-0.39, 0.29) is 0 Å². The van der Waals surface area contributed by atoms with E-state index in [0.29, 0.717) is 6.10 Å². The highest BCUT2D eigenvalue weighted by molar-refractivity contribution is 5.21. The van der Waals surface area contributed by atoms with Gasteiger partial charge in [-0.2, -0.15) is 0 Å². The summed E-state index contributed by atoms with van der Waals surface area (Å²) < 4.78 is 5.89. The van der Waals surface area contributed by atoms with Crippen molar-refractivity contribution < 1.29 is 4.74 Å². The lowest BCUT2D eigenvalue weighted by atomic mass is 9.73. The second-order valence-corrected chi connectivity index (χ2v) is 7.79. The van der Waals surface area contributed by atoms with Crippen molar-refractivity contribution in [2.75, 3.05) is 6.61 Å². The average molecular weight is 300 g/mol. The fourth-order valence-corrected chi connectivity index (χ4v) is 4.35. The molecule has 22 heavy (non-hydrogen) atoms. The van der Waals surface area contributed by atoms with Crippen LogP contribution >= 0.6 is 0 Å². The lowest BCUT2D eigenvalue weighted by Gasteiger charge is -2.37. The van der Waals surface area contributed by atoms with Crippen LogP contribution in [0.5, 0.6) is 0 Å². The van der Waals surface area contributed by atoms with Crippen LogP contribution in [0.3, 0.4) is 0 Å². The quantitative estimate of drug-likeness (QED) is 0.708. The minimum absolute atomic E-state index is 0.502. The number of ether oxygens (including phenoxy) is 1. The highest BCUT2D eigenvalue weighted by atomic mass is 16.5. The zero-order valence-corrected chi connectivity index (χ0v) is 14.4. The Balaban J connectivity index is 1.39. The van der Waals surface area contributed by atoms with Crippen LogP contribution in [0.4, 0.5) is 0 Å². The molecule has 2 fully saturated rings. The Hall–Kier alpha value is -0.820. The smallest absolute Gasteiger partial charge is 0.0547 e. The first-order valence-corrected chi connectivity index (χ1v) is 9.38. The summed E-state index contributed by atoms with van der Waals surface area (Å²) in [6.45, 7) is 5.42. The third-order valence-electron chi connectivity index (χ3n) is 6.06. The van der Waals surface area contributed by atoms with Crippen molar-refractivity contribution in [1.82, 2.24) is 0 Å². The SMILES string of the molecule is Cc1ccc(CCC2CCC(C3CCC(C)OC3)CC2)cc1.